The minimum absolute atomic E-state index is 0.0238. The number of benzene rings is 11. The predicted molar refractivity (Wildman–Crippen MR) is 361 cm³/mol. The van der Waals surface area contributed by atoms with Gasteiger partial charge in [-0.05, 0) is 145 Å². The van der Waals surface area contributed by atoms with E-state index in [1.807, 2.05) is 0 Å². The van der Waals surface area contributed by atoms with Crippen LogP contribution in [0, 0.1) is 0 Å². The minimum atomic E-state index is -0.251. The van der Waals surface area contributed by atoms with Crippen LogP contribution in [0.3, 0.4) is 0 Å². The van der Waals surface area contributed by atoms with Gasteiger partial charge in [-0.1, -0.05) is 238 Å². The second-order valence-corrected chi connectivity index (χ2v) is 25.6. The van der Waals surface area contributed by atoms with Gasteiger partial charge >= 0.3 is 0 Å². The Bertz CT molecular complexity index is 4500. The molecule has 0 unspecified atom stereocenters. The van der Waals surface area contributed by atoms with E-state index in [1.54, 1.807) is 0 Å². The first kappa shape index (κ1) is 54.4. The summed E-state index contributed by atoms with van der Waals surface area (Å²) in [6, 6.07) is 97.4. The number of hydrogen-bond acceptors (Lipinski definition) is 4. The molecule has 0 amide bonds. The monoisotopic (exact) mass is 1100 g/mol. The molecule has 85 heavy (non-hydrogen) atoms. The Morgan fingerprint density at radius 3 is 1.32 bits per heavy atom. The lowest BCUT2D eigenvalue weighted by Gasteiger charge is -2.36. The molecule has 0 N–H and O–H groups in total. The van der Waals surface area contributed by atoms with Gasteiger partial charge in [0.15, 0.2) is 5.82 Å². The van der Waals surface area contributed by atoms with Crippen LogP contribution in [-0.2, 0) is 16.2 Å². The van der Waals surface area contributed by atoms with Crippen LogP contribution in [0.4, 0.5) is 34.1 Å². The Morgan fingerprint density at radius 1 is 0.318 bits per heavy atom. The van der Waals surface area contributed by atoms with Gasteiger partial charge in [0, 0.05) is 56.3 Å². The third-order valence-corrected chi connectivity index (χ3v) is 16.7. The van der Waals surface area contributed by atoms with Crippen LogP contribution in [0.2, 0.25) is 0 Å². The Morgan fingerprint density at radius 2 is 0.765 bits per heavy atom. The summed E-state index contributed by atoms with van der Waals surface area (Å²) in [5.41, 5.74) is 19.3. The van der Waals surface area contributed by atoms with Crippen molar-refractivity contribution in [3.8, 4) is 50.7 Å². The summed E-state index contributed by atoms with van der Waals surface area (Å²) in [4.78, 5) is 16.0. The highest BCUT2D eigenvalue weighted by Gasteiger charge is 2.30. The number of anilines is 6. The number of nitrogens with zero attached hydrogens (tertiary/aromatic N) is 5. The maximum atomic E-state index is 5.53. The highest BCUT2D eigenvalue weighted by Crippen LogP contribution is 2.52. The predicted octanol–water partition coefficient (Wildman–Crippen LogP) is 22.2. The van der Waals surface area contributed by atoms with E-state index in [2.05, 4.69) is 344 Å². The molecule has 0 aliphatic rings. The molecule has 11 aromatic carbocycles. The summed E-state index contributed by atoms with van der Waals surface area (Å²) >= 11 is 0. The first-order valence-electron chi connectivity index (χ1n) is 29.7. The molecule has 0 aliphatic carbocycles. The van der Waals surface area contributed by atoms with Crippen LogP contribution in [0.1, 0.15) is 79.0 Å². The molecule has 2 heterocycles. The summed E-state index contributed by atoms with van der Waals surface area (Å²) in [6.07, 6.45) is 0. The molecule has 0 saturated carbocycles. The van der Waals surface area contributed by atoms with Gasteiger partial charge in [0.1, 0.15) is 5.82 Å². The van der Waals surface area contributed by atoms with E-state index in [0.29, 0.717) is 5.82 Å². The largest absolute Gasteiger partial charge is 0.310 e. The maximum Gasteiger partial charge on any atom is 0.162 e. The van der Waals surface area contributed by atoms with Crippen LogP contribution in [0.25, 0.3) is 83.3 Å². The zero-order valence-electron chi connectivity index (χ0n) is 50.1. The first-order chi connectivity index (χ1) is 41.0. The summed E-state index contributed by atoms with van der Waals surface area (Å²) in [5, 5.41) is 4.66. The Labute approximate surface area is 501 Å². The maximum absolute atomic E-state index is 5.53. The fourth-order valence-electron chi connectivity index (χ4n) is 12.0. The van der Waals surface area contributed by atoms with Crippen LogP contribution in [-0.4, -0.2) is 14.5 Å². The average Bonchev–Trinajstić information content (AvgIpc) is 3.60. The van der Waals surface area contributed by atoms with Crippen molar-refractivity contribution in [2.75, 3.05) is 9.80 Å². The number of hydrogen-bond donors (Lipinski definition) is 0. The summed E-state index contributed by atoms with van der Waals surface area (Å²) in [6.45, 7) is 20.7. The van der Waals surface area contributed by atoms with Gasteiger partial charge in [0.25, 0.3) is 0 Å². The van der Waals surface area contributed by atoms with Gasteiger partial charge in [-0.2, -0.15) is 0 Å². The molecule has 0 radical (unpaired) electrons. The number of fused-ring (bicyclic) bond motifs is 4. The van der Waals surface area contributed by atoms with Crippen molar-refractivity contribution in [1.29, 1.82) is 0 Å². The van der Waals surface area contributed by atoms with E-state index < -0.39 is 0 Å². The molecule has 0 aliphatic heterocycles. The van der Waals surface area contributed by atoms with Gasteiger partial charge in [0.2, 0.25) is 0 Å². The van der Waals surface area contributed by atoms with Crippen LogP contribution < -0.4 is 9.80 Å². The van der Waals surface area contributed by atoms with Crippen molar-refractivity contribution in [3.05, 3.63) is 284 Å². The molecule has 0 spiro atoms. The lowest BCUT2D eigenvalue weighted by molar-refractivity contribution is 0.589. The van der Waals surface area contributed by atoms with Crippen molar-refractivity contribution in [1.82, 2.24) is 14.5 Å². The third kappa shape index (κ3) is 10.6. The first-order valence-corrected chi connectivity index (χ1v) is 29.7. The van der Waals surface area contributed by atoms with E-state index in [0.717, 1.165) is 95.3 Å². The fourth-order valence-corrected chi connectivity index (χ4v) is 12.0. The van der Waals surface area contributed by atoms with Crippen LogP contribution in [0.5, 0.6) is 0 Å². The fraction of sp³-hybridized carbons (Fsp3) is 0.150. The molecule has 416 valence electrons. The molecule has 5 heteroatoms. The summed E-state index contributed by atoms with van der Waals surface area (Å²) in [5.74, 6) is 1.45. The van der Waals surface area contributed by atoms with Crippen molar-refractivity contribution in [3.63, 3.8) is 0 Å². The van der Waals surface area contributed by atoms with E-state index in [-0.39, 0.29) is 16.2 Å². The Balaban J connectivity index is 1.05. The molecule has 0 fully saturated rings. The average molecular weight is 1100 g/mol. The van der Waals surface area contributed by atoms with Crippen LogP contribution in [0.15, 0.2) is 267 Å². The third-order valence-electron chi connectivity index (χ3n) is 16.7. The summed E-state index contributed by atoms with van der Waals surface area (Å²) < 4.78 is 2.30. The molecular formula is C80H71N5. The van der Waals surface area contributed by atoms with Gasteiger partial charge in [-0.3, -0.25) is 4.57 Å². The second kappa shape index (κ2) is 21.7. The van der Waals surface area contributed by atoms with Crippen molar-refractivity contribution in [2.24, 2.45) is 0 Å². The lowest BCUT2D eigenvalue weighted by atomic mass is 9.83. The molecular weight excluding hydrogens is 1030 g/mol. The number of rotatable bonds is 11. The molecule has 13 aromatic rings. The minimum Gasteiger partial charge on any atom is -0.310 e. The van der Waals surface area contributed by atoms with Crippen molar-refractivity contribution < 1.29 is 0 Å². The Kier molecular flexibility index (Phi) is 13.9. The van der Waals surface area contributed by atoms with Gasteiger partial charge < -0.3 is 9.80 Å². The highest BCUT2D eigenvalue weighted by atomic mass is 15.2. The standard InChI is InChI=1S/C80H71N5/c1-78(2,3)59-40-46-63(47-41-59)83(62-44-38-57(39-45-62)77-81-70(67-35-23-29-55-26-16-17-32-66(55)67)53-75(82-77)85-71-36-20-18-33-68(71)69-34-19-21-37-72(69)85)73-51-61(80(7,8)9)52-74(76(73)56-27-14-11-15-28-56)84(64-48-42-60(43-49-64)79(4,5)6)65-31-22-30-58(50-65)54-24-12-10-13-25-54/h10-53H,1-9H3. The smallest absolute Gasteiger partial charge is 0.162 e. The van der Waals surface area contributed by atoms with Gasteiger partial charge in [-0.25, -0.2) is 9.97 Å². The van der Waals surface area contributed by atoms with E-state index in [1.165, 1.54) is 33.0 Å². The molecule has 2 aromatic heterocycles. The molecule has 0 atom stereocenters. The van der Waals surface area contributed by atoms with Crippen LogP contribution >= 0.6 is 0 Å². The normalized spacial score (nSPS) is 12.1. The topological polar surface area (TPSA) is 37.2 Å². The van der Waals surface area contributed by atoms with Gasteiger partial charge in [-0.15, -0.1) is 0 Å². The van der Waals surface area contributed by atoms with Gasteiger partial charge in [0.05, 0.1) is 28.1 Å². The van der Waals surface area contributed by atoms with E-state index in [4.69, 9.17) is 9.97 Å². The second-order valence-electron chi connectivity index (χ2n) is 25.6. The van der Waals surface area contributed by atoms with Crippen molar-refractivity contribution in [2.45, 2.75) is 78.6 Å². The van der Waals surface area contributed by atoms with E-state index in [9.17, 15) is 0 Å². The zero-order chi connectivity index (χ0) is 58.6. The molecule has 0 bridgehead atoms. The zero-order valence-corrected chi connectivity index (χ0v) is 50.1. The Hall–Kier alpha value is -9.84. The molecule has 5 nitrogen and oxygen atoms in total. The molecule has 13 rings (SSSR count). The highest BCUT2D eigenvalue weighted by molar-refractivity contribution is 6.09. The van der Waals surface area contributed by atoms with Crippen molar-refractivity contribution >= 4 is 66.7 Å². The SMILES string of the molecule is CC(C)(C)c1ccc(N(c2ccc(-c3nc(-c4cccc5ccccc45)cc(-n4c5ccccc5c5ccccc54)n3)cc2)c2cc(C(C)(C)C)cc(N(c3ccc(C(C)(C)C)cc3)c3cccc(-c4ccccc4)c3)c2-c2ccccc2)cc1. The number of para-hydroxylation sites is 2. The quantitative estimate of drug-likeness (QED) is 0.129. The number of aromatic nitrogens is 3. The summed E-state index contributed by atoms with van der Waals surface area (Å²) in [7, 11) is 0. The lowest BCUT2D eigenvalue weighted by Crippen LogP contribution is -2.20. The van der Waals surface area contributed by atoms with E-state index >= 15 is 0 Å². The molecule has 0 saturated heterocycles.